The van der Waals surface area contributed by atoms with Gasteiger partial charge in [-0.1, -0.05) is 51.1 Å². The van der Waals surface area contributed by atoms with E-state index in [0.717, 1.165) is 18.5 Å². The van der Waals surface area contributed by atoms with Crippen molar-refractivity contribution in [1.82, 2.24) is 10.6 Å². The first-order chi connectivity index (χ1) is 9.61. The summed E-state index contributed by atoms with van der Waals surface area (Å²) >= 11 is 0. The number of ketones is 1. The number of rotatable bonds is 8. The standard InChI is InChI=1S/C17H26N2O/c1-4-14-15(19-14)11-18-17(12(2)3)16(20)10-13-8-6-5-7-9-13/h5-9,12,14-15,17-19H,4,10-11H2,1-3H3/t14-,15-,17+/m1/s1. The topological polar surface area (TPSA) is 51.0 Å². The van der Waals surface area contributed by atoms with Gasteiger partial charge >= 0.3 is 0 Å². The van der Waals surface area contributed by atoms with Crippen LogP contribution in [-0.4, -0.2) is 30.5 Å². The Bertz CT molecular complexity index is 430. The minimum Gasteiger partial charge on any atom is -0.307 e. The lowest BCUT2D eigenvalue weighted by Gasteiger charge is -2.21. The molecule has 1 saturated heterocycles. The lowest BCUT2D eigenvalue weighted by atomic mass is 9.95. The van der Waals surface area contributed by atoms with Crippen LogP contribution >= 0.6 is 0 Å². The zero-order valence-corrected chi connectivity index (χ0v) is 12.7. The summed E-state index contributed by atoms with van der Waals surface area (Å²) in [6.07, 6.45) is 1.68. The van der Waals surface area contributed by atoms with Crippen LogP contribution in [0.2, 0.25) is 0 Å². The first-order valence-electron chi connectivity index (χ1n) is 7.68. The highest BCUT2D eigenvalue weighted by Gasteiger charge is 2.35. The van der Waals surface area contributed by atoms with E-state index < -0.39 is 0 Å². The van der Waals surface area contributed by atoms with Gasteiger partial charge in [0.15, 0.2) is 5.78 Å². The second-order valence-electron chi connectivity index (χ2n) is 6.05. The molecule has 110 valence electrons. The normalized spacial score (nSPS) is 22.8. The molecule has 3 heteroatoms. The second-order valence-corrected chi connectivity index (χ2v) is 6.05. The highest BCUT2D eigenvalue weighted by Crippen LogP contribution is 2.14. The van der Waals surface area contributed by atoms with Gasteiger partial charge in [-0.2, -0.15) is 0 Å². The van der Waals surface area contributed by atoms with Crippen LogP contribution in [0.1, 0.15) is 32.8 Å². The molecule has 0 aliphatic carbocycles. The predicted molar refractivity (Wildman–Crippen MR) is 82.8 cm³/mol. The van der Waals surface area contributed by atoms with E-state index in [4.69, 9.17) is 0 Å². The molecule has 0 saturated carbocycles. The highest BCUT2D eigenvalue weighted by molar-refractivity contribution is 5.86. The largest absolute Gasteiger partial charge is 0.307 e. The average molecular weight is 274 g/mol. The summed E-state index contributed by atoms with van der Waals surface area (Å²) in [4.78, 5) is 12.5. The lowest BCUT2D eigenvalue weighted by Crippen LogP contribution is -2.44. The van der Waals surface area contributed by atoms with Gasteiger partial charge in [0, 0.05) is 25.0 Å². The maximum Gasteiger partial charge on any atom is 0.154 e. The molecule has 20 heavy (non-hydrogen) atoms. The van der Waals surface area contributed by atoms with Crippen LogP contribution < -0.4 is 10.6 Å². The number of nitrogens with one attached hydrogen (secondary N) is 2. The smallest absolute Gasteiger partial charge is 0.154 e. The fourth-order valence-electron chi connectivity index (χ4n) is 2.71. The van der Waals surface area contributed by atoms with Gasteiger partial charge in [0.25, 0.3) is 0 Å². The summed E-state index contributed by atoms with van der Waals surface area (Å²) in [5, 5.41) is 6.88. The average Bonchev–Trinajstić information content (AvgIpc) is 3.18. The summed E-state index contributed by atoms with van der Waals surface area (Å²) in [6.45, 7) is 7.30. The van der Waals surface area contributed by atoms with Gasteiger partial charge in [-0.25, -0.2) is 0 Å². The van der Waals surface area contributed by atoms with Crippen molar-refractivity contribution in [2.24, 2.45) is 5.92 Å². The van der Waals surface area contributed by atoms with Crippen LogP contribution in [0.4, 0.5) is 0 Å². The number of benzene rings is 1. The molecule has 0 bridgehead atoms. The molecule has 2 N–H and O–H groups in total. The monoisotopic (exact) mass is 274 g/mol. The zero-order chi connectivity index (χ0) is 14.5. The van der Waals surface area contributed by atoms with Crippen molar-refractivity contribution in [2.75, 3.05) is 6.54 Å². The van der Waals surface area contributed by atoms with Gasteiger partial charge < -0.3 is 10.6 Å². The van der Waals surface area contributed by atoms with Crippen molar-refractivity contribution in [2.45, 2.75) is 51.7 Å². The van der Waals surface area contributed by atoms with Crippen molar-refractivity contribution < 1.29 is 4.79 Å². The Kier molecular flexibility index (Phi) is 5.32. The third kappa shape index (κ3) is 4.15. The highest BCUT2D eigenvalue weighted by atomic mass is 16.1. The number of hydrogen-bond donors (Lipinski definition) is 2. The van der Waals surface area contributed by atoms with Crippen LogP contribution in [0.25, 0.3) is 0 Å². The van der Waals surface area contributed by atoms with Crippen molar-refractivity contribution in [1.29, 1.82) is 0 Å². The molecule has 0 unspecified atom stereocenters. The third-order valence-corrected chi connectivity index (χ3v) is 4.04. The summed E-state index contributed by atoms with van der Waals surface area (Å²) < 4.78 is 0. The summed E-state index contributed by atoms with van der Waals surface area (Å²) in [5.41, 5.74) is 1.10. The summed E-state index contributed by atoms with van der Waals surface area (Å²) in [5.74, 6) is 0.616. The summed E-state index contributed by atoms with van der Waals surface area (Å²) in [6, 6.07) is 11.1. The molecule has 0 spiro atoms. The molecule has 1 fully saturated rings. The quantitative estimate of drug-likeness (QED) is 0.714. The Hall–Kier alpha value is -1.19. The number of carbonyl (C=O) groups excluding carboxylic acids is 1. The van der Waals surface area contributed by atoms with Crippen LogP contribution in [0.3, 0.4) is 0 Å². The molecule has 1 aliphatic rings. The fourth-order valence-corrected chi connectivity index (χ4v) is 2.71. The van der Waals surface area contributed by atoms with Gasteiger partial charge in [-0.15, -0.1) is 0 Å². The van der Waals surface area contributed by atoms with Crippen molar-refractivity contribution in [3.05, 3.63) is 35.9 Å². The Morgan fingerprint density at radius 1 is 1.25 bits per heavy atom. The van der Waals surface area contributed by atoms with Crippen molar-refractivity contribution in [3.8, 4) is 0 Å². The van der Waals surface area contributed by atoms with Crippen LogP contribution in [-0.2, 0) is 11.2 Å². The molecule has 0 aromatic heterocycles. The predicted octanol–water partition coefficient (Wildman–Crippen LogP) is 2.16. The van der Waals surface area contributed by atoms with E-state index >= 15 is 0 Å². The van der Waals surface area contributed by atoms with Crippen molar-refractivity contribution >= 4 is 5.78 Å². The van der Waals surface area contributed by atoms with E-state index in [-0.39, 0.29) is 6.04 Å². The Morgan fingerprint density at radius 3 is 2.50 bits per heavy atom. The van der Waals surface area contributed by atoms with Gasteiger partial charge in [0.1, 0.15) is 0 Å². The Morgan fingerprint density at radius 2 is 1.95 bits per heavy atom. The number of carbonyl (C=O) groups is 1. The van der Waals surface area contributed by atoms with Crippen LogP contribution in [0.5, 0.6) is 0 Å². The van der Waals surface area contributed by atoms with Crippen LogP contribution in [0.15, 0.2) is 30.3 Å². The fraction of sp³-hybridized carbons (Fsp3) is 0.588. The molecular weight excluding hydrogens is 248 g/mol. The molecule has 1 aromatic rings. The number of Topliss-reactive ketones (excluding diaryl/α,β-unsaturated/α-hetero) is 1. The van der Waals surface area contributed by atoms with E-state index in [2.05, 4.69) is 31.4 Å². The molecule has 3 nitrogen and oxygen atoms in total. The summed E-state index contributed by atoms with van der Waals surface area (Å²) in [7, 11) is 0. The van der Waals surface area contributed by atoms with E-state index in [0.29, 0.717) is 30.2 Å². The van der Waals surface area contributed by atoms with E-state index in [1.54, 1.807) is 0 Å². The second kappa shape index (κ2) is 7.00. The van der Waals surface area contributed by atoms with E-state index in [9.17, 15) is 4.79 Å². The third-order valence-electron chi connectivity index (χ3n) is 4.04. The van der Waals surface area contributed by atoms with E-state index in [1.807, 2.05) is 30.3 Å². The number of hydrogen-bond acceptors (Lipinski definition) is 3. The molecule has 2 rings (SSSR count). The Labute approximate surface area is 122 Å². The minimum atomic E-state index is -0.0462. The SMILES string of the molecule is CC[C@H]1N[C@@H]1CN[C@H](C(=O)Cc1ccccc1)C(C)C. The minimum absolute atomic E-state index is 0.0462. The van der Waals surface area contributed by atoms with Gasteiger partial charge in [-0.05, 0) is 17.9 Å². The maximum absolute atomic E-state index is 12.5. The maximum atomic E-state index is 12.5. The van der Waals surface area contributed by atoms with Gasteiger partial charge in [0.05, 0.1) is 6.04 Å². The lowest BCUT2D eigenvalue weighted by molar-refractivity contribution is -0.121. The first-order valence-corrected chi connectivity index (χ1v) is 7.68. The van der Waals surface area contributed by atoms with Crippen LogP contribution in [0, 0.1) is 5.92 Å². The van der Waals surface area contributed by atoms with Gasteiger partial charge in [0.2, 0.25) is 0 Å². The molecule has 0 radical (unpaired) electrons. The zero-order valence-electron chi connectivity index (χ0n) is 12.7. The molecule has 1 heterocycles. The van der Waals surface area contributed by atoms with E-state index in [1.165, 1.54) is 0 Å². The molecular formula is C17H26N2O. The Balaban J connectivity index is 1.86. The molecule has 0 amide bonds. The molecule has 1 aromatic carbocycles. The molecule has 3 atom stereocenters. The van der Waals surface area contributed by atoms with Gasteiger partial charge in [-0.3, -0.25) is 4.79 Å². The molecule has 1 aliphatic heterocycles. The first kappa shape index (κ1) is 15.2. The van der Waals surface area contributed by atoms with Crippen molar-refractivity contribution in [3.63, 3.8) is 0 Å².